The molecule has 0 fully saturated rings. The molecule has 0 aromatic heterocycles. The second-order valence-electron chi connectivity index (χ2n) is 4.34. The SMILES string of the molecule is O=S1(=O)N=C(C=Cc2ccccc2Br)c2ccccc2O1. The van der Waals surface area contributed by atoms with Crippen LogP contribution in [0.3, 0.4) is 0 Å². The Morgan fingerprint density at radius 3 is 2.52 bits per heavy atom. The van der Waals surface area contributed by atoms with Crippen LogP contribution in [0.2, 0.25) is 0 Å². The maximum Gasteiger partial charge on any atom is 0.429 e. The summed E-state index contributed by atoms with van der Waals surface area (Å²) in [7, 11) is -3.93. The van der Waals surface area contributed by atoms with Gasteiger partial charge in [0, 0.05) is 10.0 Å². The van der Waals surface area contributed by atoms with Crippen molar-refractivity contribution in [2.45, 2.75) is 0 Å². The van der Waals surface area contributed by atoms with Crippen molar-refractivity contribution in [2.24, 2.45) is 4.40 Å². The highest BCUT2D eigenvalue weighted by Gasteiger charge is 2.22. The molecule has 4 nitrogen and oxygen atoms in total. The Morgan fingerprint density at radius 1 is 1.00 bits per heavy atom. The lowest BCUT2D eigenvalue weighted by atomic mass is 10.1. The fourth-order valence-corrected chi connectivity index (χ4v) is 3.18. The van der Waals surface area contributed by atoms with Crippen molar-refractivity contribution in [3.63, 3.8) is 0 Å². The molecule has 6 heteroatoms. The molecule has 0 saturated heterocycles. The summed E-state index contributed by atoms with van der Waals surface area (Å²) < 4.78 is 32.8. The summed E-state index contributed by atoms with van der Waals surface area (Å²) in [6, 6.07) is 14.5. The van der Waals surface area contributed by atoms with E-state index in [1.165, 1.54) is 0 Å². The maximum atomic E-state index is 11.6. The maximum absolute atomic E-state index is 11.6. The number of fused-ring (bicyclic) bond motifs is 1. The third-order valence-corrected chi connectivity index (χ3v) is 4.43. The molecule has 1 heterocycles. The van der Waals surface area contributed by atoms with Crippen molar-refractivity contribution >= 4 is 38.0 Å². The summed E-state index contributed by atoms with van der Waals surface area (Å²) in [5.74, 6) is 0.291. The first-order chi connectivity index (χ1) is 10.1. The molecule has 2 aromatic carbocycles. The summed E-state index contributed by atoms with van der Waals surface area (Å²) in [6.07, 6.45) is 3.47. The van der Waals surface area contributed by atoms with E-state index in [2.05, 4.69) is 20.3 Å². The minimum atomic E-state index is -3.93. The second kappa shape index (κ2) is 5.46. The van der Waals surface area contributed by atoms with Crippen molar-refractivity contribution < 1.29 is 12.6 Å². The molecule has 0 spiro atoms. The van der Waals surface area contributed by atoms with Crippen molar-refractivity contribution in [1.29, 1.82) is 0 Å². The first kappa shape index (κ1) is 14.0. The van der Waals surface area contributed by atoms with Gasteiger partial charge in [-0.15, -0.1) is 4.40 Å². The molecular weight excluding hydrogens is 354 g/mol. The molecule has 2 aromatic rings. The van der Waals surface area contributed by atoms with Crippen LogP contribution in [-0.2, 0) is 10.3 Å². The van der Waals surface area contributed by atoms with Crippen molar-refractivity contribution in [1.82, 2.24) is 0 Å². The summed E-state index contributed by atoms with van der Waals surface area (Å²) in [5.41, 5.74) is 1.94. The molecule has 0 amide bonds. The Bertz CT molecular complexity index is 857. The Balaban J connectivity index is 2.05. The van der Waals surface area contributed by atoms with Crippen LogP contribution in [0.15, 0.2) is 63.5 Å². The molecule has 3 rings (SSSR count). The number of hydrogen-bond donors (Lipinski definition) is 0. The van der Waals surface area contributed by atoms with E-state index in [4.69, 9.17) is 4.18 Å². The van der Waals surface area contributed by atoms with E-state index >= 15 is 0 Å². The van der Waals surface area contributed by atoms with Gasteiger partial charge in [0.2, 0.25) is 0 Å². The number of rotatable bonds is 2. The smallest absolute Gasteiger partial charge is 0.365 e. The summed E-state index contributed by atoms with van der Waals surface area (Å²) in [4.78, 5) is 0. The Hall–Kier alpha value is -1.92. The van der Waals surface area contributed by atoms with Crippen LogP contribution in [0.1, 0.15) is 11.1 Å². The van der Waals surface area contributed by atoms with E-state index in [0.29, 0.717) is 17.0 Å². The summed E-state index contributed by atoms with van der Waals surface area (Å²) in [5, 5.41) is 0. The van der Waals surface area contributed by atoms with Gasteiger partial charge in [-0.2, -0.15) is 8.42 Å². The Kier molecular flexibility index (Phi) is 3.65. The summed E-state index contributed by atoms with van der Waals surface area (Å²) in [6.45, 7) is 0. The number of para-hydroxylation sites is 1. The topological polar surface area (TPSA) is 55.7 Å². The normalized spacial score (nSPS) is 16.1. The average molecular weight is 364 g/mol. The Labute approximate surface area is 131 Å². The van der Waals surface area contributed by atoms with Crippen LogP contribution in [0, 0.1) is 0 Å². The zero-order valence-electron chi connectivity index (χ0n) is 10.7. The number of nitrogens with zero attached hydrogens (tertiary/aromatic N) is 1. The molecule has 21 heavy (non-hydrogen) atoms. The monoisotopic (exact) mass is 363 g/mol. The molecule has 1 aliphatic heterocycles. The highest BCUT2D eigenvalue weighted by atomic mass is 79.9. The van der Waals surface area contributed by atoms with Gasteiger partial charge in [-0.1, -0.05) is 52.3 Å². The number of benzene rings is 2. The zero-order chi connectivity index (χ0) is 14.9. The predicted molar refractivity (Wildman–Crippen MR) is 85.7 cm³/mol. The van der Waals surface area contributed by atoms with Gasteiger partial charge in [0.25, 0.3) is 0 Å². The molecule has 0 saturated carbocycles. The van der Waals surface area contributed by atoms with Crippen molar-refractivity contribution in [3.8, 4) is 5.75 Å². The molecule has 1 aliphatic rings. The van der Waals surface area contributed by atoms with Crippen LogP contribution >= 0.6 is 15.9 Å². The van der Waals surface area contributed by atoms with Gasteiger partial charge < -0.3 is 4.18 Å². The van der Waals surface area contributed by atoms with Crippen LogP contribution in [0.4, 0.5) is 0 Å². The van der Waals surface area contributed by atoms with Crippen LogP contribution < -0.4 is 4.18 Å². The molecule has 0 aliphatic carbocycles. The van der Waals surface area contributed by atoms with Gasteiger partial charge in [0.05, 0.1) is 5.71 Å². The zero-order valence-corrected chi connectivity index (χ0v) is 13.1. The minimum absolute atomic E-state index is 0.291. The van der Waals surface area contributed by atoms with Gasteiger partial charge in [-0.3, -0.25) is 0 Å². The molecule has 0 bridgehead atoms. The van der Waals surface area contributed by atoms with Crippen LogP contribution in [0.5, 0.6) is 5.75 Å². The molecule has 0 unspecified atom stereocenters. The molecule has 0 radical (unpaired) electrons. The van der Waals surface area contributed by atoms with E-state index < -0.39 is 10.3 Å². The predicted octanol–water partition coefficient (Wildman–Crippen LogP) is 3.59. The second-order valence-corrected chi connectivity index (χ2v) is 6.40. The van der Waals surface area contributed by atoms with Gasteiger partial charge >= 0.3 is 10.3 Å². The third-order valence-electron chi connectivity index (χ3n) is 2.89. The first-order valence-corrected chi connectivity index (χ1v) is 8.27. The largest absolute Gasteiger partial charge is 0.429 e. The van der Waals surface area contributed by atoms with E-state index in [1.54, 1.807) is 30.4 Å². The lowest BCUT2D eigenvalue weighted by Gasteiger charge is -2.14. The number of halogens is 1. The minimum Gasteiger partial charge on any atom is -0.365 e. The van der Waals surface area contributed by atoms with Gasteiger partial charge in [-0.25, -0.2) is 0 Å². The highest BCUT2D eigenvalue weighted by molar-refractivity contribution is 9.10. The van der Waals surface area contributed by atoms with Crippen LogP contribution in [-0.4, -0.2) is 14.1 Å². The van der Waals surface area contributed by atoms with Crippen molar-refractivity contribution in [2.75, 3.05) is 0 Å². The van der Waals surface area contributed by atoms with E-state index in [-0.39, 0.29) is 0 Å². The van der Waals surface area contributed by atoms with Gasteiger partial charge in [-0.05, 0) is 29.8 Å². The fourth-order valence-electron chi connectivity index (χ4n) is 1.95. The lowest BCUT2D eigenvalue weighted by Crippen LogP contribution is -2.17. The quantitative estimate of drug-likeness (QED) is 0.818. The van der Waals surface area contributed by atoms with E-state index in [1.807, 2.05) is 30.3 Å². The standard InChI is InChI=1S/C15H10BrNO3S/c16-13-7-3-1-5-11(13)9-10-14-12-6-2-4-8-15(12)20-21(18,19)17-14/h1-10H. The van der Waals surface area contributed by atoms with Crippen LogP contribution in [0.25, 0.3) is 6.08 Å². The van der Waals surface area contributed by atoms with Gasteiger partial charge in [0.15, 0.2) is 5.75 Å². The lowest BCUT2D eigenvalue weighted by molar-refractivity contribution is 0.485. The molecule has 106 valence electrons. The highest BCUT2D eigenvalue weighted by Crippen LogP contribution is 2.27. The summed E-state index contributed by atoms with van der Waals surface area (Å²) >= 11 is 3.44. The number of hydrogen-bond acceptors (Lipinski definition) is 3. The van der Waals surface area contributed by atoms with E-state index in [0.717, 1.165) is 10.0 Å². The van der Waals surface area contributed by atoms with E-state index in [9.17, 15) is 8.42 Å². The molecular formula is C15H10BrNO3S. The van der Waals surface area contributed by atoms with Gasteiger partial charge in [0.1, 0.15) is 0 Å². The van der Waals surface area contributed by atoms with Crippen molar-refractivity contribution in [3.05, 3.63) is 70.2 Å². The third kappa shape index (κ3) is 3.06. The Morgan fingerprint density at radius 2 is 1.71 bits per heavy atom. The number of allylic oxidation sites excluding steroid dienone is 1. The first-order valence-electron chi connectivity index (χ1n) is 6.11. The molecule has 0 N–H and O–H groups in total. The molecule has 0 atom stereocenters. The fraction of sp³-hybridized carbons (Fsp3) is 0. The average Bonchev–Trinajstić information content (AvgIpc) is 2.45.